The molecule has 2 aliphatic heterocycles. The number of carboxylic acids is 1. The number of carbonyl (C=O) groups excluding carboxylic acids is 2. The van der Waals surface area contributed by atoms with E-state index in [0.717, 1.165) is 12.8 Å². The Morgan fingerprint density at radius 3 is 2.67 bits per heavy atom. The van der Waals surface area contributed by atoms with Gasteiger partial charge in [0.2, 0.25) is 11.8 Å². The van der Waals surface area contributed by atoms with Crippen LogP contribution in [0.5, 0.6) is 0 Å². The van der Waals surface area contributed by atoms with Crippen LogP contribution in [0.2, 0.25) is 0 Å². The van der Waals surface area contributed by atoms with Crippen LogP contribution < -0.4 is 10.6 Å². The summed E-state index contributed by atoms with van der Waals surface area (Å²) in [5.74, 6) is -1.04. The average molecular weight is 297 g/mol. The first-order valence-corrected chi connectivity index (χ1v) is 7.34. The molecule has 21 heavy (non-hydrogen) atoms. The predicted octanol–water partition coefficient (Wildman–Crippen LogP) is -0.576. The number of piperazine rings is 1. The normalized spacial score (nSPS) is 27.1. The third-order valence-corrected chi connectivity index (χ3v) is 4.62. The Labute approximate surface area is 124 Å². The highest BCUT2D eigenvalue weighted by Gasteiger charge is 2.41. The fraction of sp³-hybridized carbons (Fsp3) is 0.786. The van der Waals surface area contributed by atoms with Crippen molar-refractivity contribution >= 4 is 17.8 Å². The van der Waals surface area contributed by atoms with E-state index in [1.807, 2.05) is 0 Å². The van der Waals surface area contributed by atoms with E-state index in [9.17, 15) is 19.5 Å². The van der Waals surface area contributed by atoms with E-state index in [2.05, 4.69) is 10.6 Å². The number of carboxylic acid groups (broad SMARTS) is 1. The molecular formula is C14H23N3O4. The minimum Gasteiger partial charge on any atom is -0.481 e. The Morgan fingerprint density at radius 2 is 2.10 bits per heavy atom. The van der Waals surface area contributed by atoms with Gasteiger partial charge in [-0.2, -0.15) is 0 Å². The summed E-state index contributed by atoms with van der Waals surface area (Å²) in [6.45, 7) is 4.98. The number of hydrogen-bond acceptors (Lipinski definition) is 4. The molecule has 2 saturated heterocycles. The van der Waals surface area contributed by atoms with Crippen LogP contribution in [0.15, 0.2) is 0 Å². The maximum absolute atomic E-state index is 12.5. The first-order chi connectivity index (χ1) is 9.82. The van der Waals surface area contributed by atoms with Gasteiger partial charge in [-0.05, 0) is 32.6 Å². The van der Waals surface area contributed by atoms with Crippen molar-refractivity contribution in [2.24, 2.45) is 11.3 Å². The van der Waals surface area contributed by atoms with Gasteiger partial charge in [-0.3, -0.25) is 19.7 Å². The number of piperidine rings is 1. The van der Waals surface area contributed by atoms with Gasteiger partial charge in [0, 0.05) is 19.6 Å². The second-order valence-electron chi connectivity index (χ2n) is 6.39. The zero-order valence-electron chi connectivity index (χ0n) is 12.5. The number of likely N-dealkylation sites (tertiary alicyclic amines) is 1. The summed E-state index contributed by atoms with van der Waals surface area (Å²) in [7, 11) is 0. The number of nitrogens with one attached hydrogen (secondary N) is 2. The van der Waals surface area contributed by atoms with Gasteiger partial charge >= 0.3 is 5.97 Å². The Morgan fingerprint density at radius 1 is 1.38 bits per heavy atom. The van der Waals surface area contributed by atoms with Gasteiger partial charge in [-0.15, -0.1) is 0 Å². The lowest BCUT2D eigenvalue weighted by Gasteiger charge is -2.40. The Kier molecular flexibility index (Phi) is 4.51. The molecule has 2 aliphatic rings. The first-order valence-electron chi connectivity index (χ1n) is 7.34. The zero-order valence-corrected chi connectivity index (χ0v) is 12.5. The quantitative estimate of drug-likeness (QED) is 0.647. The highest BCUT2D eigenvalue weighted by molar-refractivity contribution is 5.87. The lowest BCUT2D eigenvalue weighted by Crippen LogP contribution is -2.60. The molecule has 2 rings (SSSR count). The third kappa shape index (κ3) is 3.34. The molecule has 0 aromatic heterocycles. The van der Waals surface area contributed by atoms with Gasteiger partial charge in [0.25, 0.3) is 0 Å². The smallest absolute Gasteiger partial charge is 0.309 e. The Balaban J connectivity index is 1.99. The molecule has 2 amide bonds. The van der Waals surface area contributed by atoms with Gasteiger partial charge in [0.05, 0.1) is 12.0 Å². The molecule has 3 N–H and O–H groups in total. The van der Waals surface area contributed by atoms with Crippen LogP contribution in [0.4, 0.5) is 0 Å². The number of amides is 2. The van der Waals surface area contributed by atoms with Crippen molar-refractivity contribution < 1.29 is 19.5 Å². The second-order valence-corrected chi connectivity index (χ2v) is 6.39. The molecule has 0 saturated carbocycles. The molecule has 2 atom stereocenters. The summed E-state index contributed by atoms with van der Waals surface area (Å²) in [6.07, 6.45) is 1.63. The van der Waals surface area contributed by atoms with Gasteiger partial charge in [-0.25, -0.2) is 0 Å². The van der Waals surface area contributed by atoms with Gasteiger partial charge < -0.3 is 15.3 Å². The highest BCUT2D eigenvalue weighted by Crippen LogP contribution is 2.34. The number of hydrogen-bond donors (Lipinski definition) is 3. The molecular weight excluding hydrogens is 274 g/mol. The summed E-state index contributed by atoms with van der Waals surface area (Å²) in [4.78, 5) is 36.7. The van der Waals surface area contributed by atoms with Gasteiger partial charge in [-0.1, -0.05) is 0 Å². The minimum atomic E-state index is -0.840. The SMILES string of the molecule is CC(C)(C(=O)O)C1CCCN(C(=O)C2CNC(=O)CN2)C1. The van der Waals surface area contributed by atoms with Crippen molar-refractivity contribution in [3.05, 3.63) is 0 Å². The second kappa shape index (κ2) is 6.01. The van der Waals surface area contributed by atoms with E-state index in [4.69, 9.17) is 0 Å². The molecule has 0 radical (unpaired) electrons. The monoisotopic (exact) mass is 297 g/mol. The Bertz CT molecular complexity index is 440. The zero-order chi connectivity index (χ0) is 15.6. The summed E-state index contributed by atoms with van der Waals surface area (Å²) in [6, 6.07) is -0.408. The molecule has 2 heterocycles. The molecule has 7 heteroatoms. The molecule has 0 bridgehead atoms. The topological polar surface area (TPSA) is 98.7 Å². The maximum atomic E-state index is 12.5. The molecule has 118 valence electrons. The van der Waals surface area contributed by atoms with Crippen molar-refractivity contribution in [1.82, 2.24) is 15.5 Å². The molecule has 2 unspecified atom stereocenters. The van der Waals surface area contributed by atoms with Crippen LogP contribution >= 0.6 is 0 Å². The van der Waals surface area contributed by atoms with E-state index in [0.29, 0.717) is 19.6 Å². The standard InChI is InChI=1S/C14H23N3O4/c1-14(2,13(20)21)9-4-3-5-17(8-9)12(19)10-6-16-11(18)7-15-10/h9-10,15H,3-8H2,1-2H3,(H,16,18)(H,20,21). The third-order valence-electron chi connectivity index (χ3n) is 4.62. The van der Waals surface area contributed by atoms with Crippen molar-refractivity contribution in [2.45, 2.75) is 32.7 Å². The summed E-state index contributed by atoms with van der Waals surface area (Å²) < 4.78 is 0. The van der Waals surface area contributed by atoms with Crippen molar-refractivity contribution in [3.8, 4) is 0 Å². The largest absolute Gasteiger partial charge is 0.481 e. The summed E-state index contributed by atoms with van der Waals surface area (Å²) in [5.41, 5.74) is -0.840. The molecule has 0 aromatic carbocycles. The maximum Gasteiger partial charge on any atom is 0.309 e. The first kappa shape index (κ1) is 15.8. The van der Waals surface area contributed by atoms with Crippen molar-refractivity contribution in [1.29, 1.82) is 0 Å². The van der Waals surface area contributed by atoms with Crippen LogP contribution in [0.3, 0.4) is 0 Å². The lowest BCUT2D eigenvalue weighted by molar-refractivity contribution is -0.153. The molecule has 7 nitrogen and oxygen atoms in total. The van der Waals surface area contributed by atoms with E-state index in [1.54, 1.807) is 18.7 Å². The van der Waals surface area contributed by atoms with E-state index < -0.39 is 17.4 Å². The lowest BCUT2D eigenvalue weighted by atomic mass is 9.74. The number of nitrogens with zero attached hydrogens (tertiary/aromatic N) is 1. The predicted molar refractivity (Wildman–Crippen MR) is 75.5 cm³/mol. The van der Waals surface area contributed by atoms with E-state index in [-0.39, 0.29) is 24.3 Å². The Hall–Kier alpha value is -1.63. The molecule has 0 aliphatic carbocycles. The summed E-state index contributed by atoms with van der Waals surface area (Å²) >= 11 is 0. The molecule has 0 spiro atoms. The number of rotatable bonds is 3. The van der Waals surface area contributed by atoms with Crippen LogP contribution in [0.1, 0.15) is 26.7 Å². The van der Waals surface area contributed by atoms with Crippen LogP contribution in [0.25, 0.3) is 0 Å². The summed E-state index contributed by atoms with van der Waals surface area (Å²) in [5, 5.41) is 14.9. The van der Waals surface area contributed by atoms with Crippen LogP contribution in [-0.2, 0) is 14.4 Å². The molecule has 2 fully saturated rings. The number of aliphatic carboxylic acids is 1. The average Bonchev–Trinajstić information content (AvgIpc) is 2.47. The van der Waals surface area contributed by atoms with E-state index in [1.165, 1.54) is 0 Å². The highest BCUT2D eigenvalue weighted by atomic mass is 16.4. The van der Waals surface area contributed by atoms with Crippen LogP contribution in [0, 0.1) is 11.3 Å². The minimum absolute atomic E-state index is 0.0501. The van der Waals surface area contributed by atoms with Crippen molar-refractivity contribution in [2.75, 3.05) is 26.2 Å². The van der Waals surface area contributed by atoms with Gasteiger partial charge in [0.1, 0.15) is 6.04 Å². The number of carbonyl (C=O) groups is 3. The van der Waals surface area contributed by atoms with Crippen molar-refractivity contribution in [3.63, 3.8) is 0 Å². The van der Waals surface area contributed by atoms with Gasteiger partial charge in [0.15, 0.2) is 0 Å². The fourth-order valence-electron chi connectivity index (χ4n) is 2.90. The fourth-order valence-corrected chi connectivity index (χ4v) is 2.90. The van der Waals surface area contributed by atoms with E-state index >= 15 is 0 Å². The van der Waals surface area contributed by atoms with Crippen LogP contribution in [-0.4, -0.2) is 60.0 Å². The molecule has 0 aromatic rings.